The van der Waals surface area contributed by atoms with E-state index in [1.54, 1.807) is 29.7 Å². The first-order chi connectivity index (χ1) is 18.2. The summed E-state index contributed by atoms with van der Waals surface area (Å²) in [7, 11) is 0. The fourth-order valence-electron chi connectivity index (χ4n) is 4.89. The van der Waals surface area contributed by atoms with E-state index in [1.165, 1.54) is 23.8 Å². The normalized spacial score (nSPS) is 19.3. The molecule has 6 rings (SSSR count). The Hall–Kier alpha value is -3.54. The Kier molecular flexibility index (Phi) is 6.09. The molecule has 2 amide bonds. The van der Waals surface area contributed by atoms with Crippen molar-refractivity contribution in [2.45, 2.75) is 50.7 Å². The molecular weight excluding hydrogens is 517 g/mol. The molecule has 38 heavy (non-hydrogen) atoms. The van der Waals surface area contributed by atoms with E-state index in [1.807, 2.05) is 12.3 Å². The minimum absolute atomic E-state index is 0.0862. The largest absolute Gasteiger partial charge is 0.391 e. The van der Waals surface area contributed by atoms with E-state index in [0.29, 0.717) is 36.9 Å². The molecule has 2 fully saturated rings. The maximum absolute atomic E-state index is 13.5. The van der Waals surface area contributed by atoms with Crippen molar-refractivity contribution >= 4 is 40.5 Å². The van der Waals surface area contributed by atoms with Crippen molar-refractivity contribution in [1.82, 2.24) is 15.0 Å². The highest BCUT2D eigenvalue weighted by atomic mass is 32.1. The van der Waals surface area contributed by atoms with Gasteiger partial charge in [-0.25, -0.2) is 19.7 Å². The van der Waals surface area contributed by atoms with E-state index in [2.05, 4.69) is 25.2 Å². The van der Waals surface area contributed by atoms with Crippen LogP contribution in [-0.4, -0.2) is 52.1 Å². The molecule has 8 nitrogen and oxygen atoms in total. The van der Waals surface area contributed by atoms with Gasteiger partial charge in [-0.05, 0) is 49.1 Å². The first-order valence-electron chi connectivity index (χ1n) is 12.6. The molecule has 1 N–H and O–H groups in total. The van der Waals surface area contributed by atoms with Gasteiger partial charge < -0.3 is 4.90 Å². The third-order valence-corrected chi connectivity index (χ3v) is 8.45. The second-order valence-electron chi connectivity index (χ2n) is 10.1. The van der Waals surface area contributed by atoms with Gasteiger partial charge in [0.05, 0.1) is 27.5 Å². The van der Waals surface area contributed by atoms with Crippen molar-refractivity contribution < 1.29 is 22.8 Å². The monoisotopic (exact) mass is 542 g/mol. The molecule has 0 spiro atoms. The van der Waals surface area contributed by atoms with E-state index < -0.39 is 30.3 Å². The lowest BCUT2D eigenvalue weighted by Gasteiger charge is -2.35. The summed E-state index contributed by atoms with van der Waals surface area (Å²) in [6.07, 6.45) is 1.34. The highest BCUT2D eigenvalue weighted by Gasteiger charge is 2.41. The first-order valence-corrected chi connectivity index (χ1v) is 13.4. The zero-order valence-corrected chi connectivity index (χ0v) is 21.3. The minimum atomic E-state index is -4.47. The number of urea groups is 1. The van der Waals surface area contributed by atoms with Crippen LogP contribution in [0.1, 0.15) is 54.0 Å². The van der Waals surface area contributed by atoms with Crippen molar-refractivity contribution in [3.8, 4) is 10.4 Å². The fraction of sp³-hybridized carbons (Fsp3) is 0.423. The quantitative estimate of drug-likeness (QED) is 0.391. The van der Waals surface area contributed by atoms with E-state index in [9.17, 15) is 22.8 Å². The Labute approximate surface area is 220 Å². The minimum Gasteiger partial charge on any atom is -0.366 e. The lowest BCUT2D eigenvalue weighted by molar-refractivity contribution is -0.168. The number of nitrogens with one attached hydrogen (secondary N) is 1. The van der Waals surface area contributed by atoms with Crippen LogP contribution in [0.3, 0.4) is 0 Å². The molecule has 0 aromatic carbocycles. The van der Waals surface area contributed by atoms with Crippen LogP contribution in [0.5, 0.6) is 0 Å². The van der Waals surface area contributed by atoms with Crippen LogP contribution in [0.2, 0.25) is 0 Å². The van der Waals surface area contributed by atoms with E-state index >= 15 is 0 Å². The van der Waals surface area contributed by atoms with Crippen molar-refractivity contribution in [2.24, 2.45) is 5.92 Å². The van der Waals surface area contributed by atoms with Crippen LogP contribution in [0.25, 0.3) is 10.4 Å². The van der Waals surface area contributed by atoms with Crippen molar-refractivity contribution in [3.63, 3.8) is 0 Å². The number of ketones is 1. The Morgan fingerprint density at radius 1 is 1.18 bits per heavy atom. The van der Waals surface area contributed by atoms with Gasteiger partial charge in [0.2, 0.25) is 0 Å². The average molecular weight is 543 g/mol. The first kappa shape index (κ1) is 24.8. The molecule has 0 unspecified atom stereocenters. The number of thiazole rings is 1. The van der Waals surface area contributed by atoms with Crippen molar-refractivity contribution in [2.75, 3.05) is 28.2 Å². The number of nitrogens with zero attached hydrogens (tertiary/aromatic N) is 5. The molecule has 0 radical (unpaired) electrons. The maximum atomic E-state index is 13.5. The van der Waals surface area contributed by atoms with E-state index in [-0.39, 0.29) is 17.6 Å². The molecule has 5 heterocycles. The summed E-state index contributed by atoms with van der Waals surface area (Å²) in [6, 6.07) is 6.13. The smallest absolute Gasteiger partial charge is 0.366 e. The van der Waals surface area contributed by atoms with Gasteiger partial charge >= 0.3 is 12.2 Å². The summed E-state index contributed by atoms with van der Waals surface area (Å²) < 4.78 is 39.0. The standard InChI is InChI=1S/C26H25F3N6O2S/c1-14(26(27,28)29)10-20(36)18-4-5-19-23(32-18)35(17-7-9-34(19)13-17)25(37)33-22-11-16(6-8-30-22)21-12-31-24(38-21)15-2-3-15/h4-6,8,11-12,14-15,17H,2-3,7,9-10,13H2,1H3,(H,30,33,37)/t14-,17-/m0/s1. The molecule has 12 heteroatoms. The number of carbonyl (C=O) groups excluding carboxylic acids is 2. The third-order valence-electron chi connectivity index (χ3n) is 7.24. The van der Waals surface area contributed by atoms with Gasteiger partial charge in [0.15, 0.2) is 11.6 Å². The van der Waals surface area contributed by atoms with E-state index in [0.717, 1.165) is 22.4 Å². The number of amides is 2. The Morgan fingerprint density at radius 2 is 2.00 bits per heavy atom. The van der Waals surface area contributed by atoms with Gasteiger partial charge in [-0.2, -0.15) is 13.2 Å². The van der Waals surface area contributed by atoms with Gasteiger partial charge in [-0.15, -0.1) is 11.3 Å². The molecule has 1 saturated carbocycles. The number of rotatable bonds is 6. The number of anilines is 3. The van der Waals surface area contributed by atoms with Crippen LogP contribution in [0.15, 0.2) is 36.7 Å². The molecule has 3 aromatic heterocycles. The van der Waals surface area contributed by atoms with Gasteiger partial charge in [-0.1, -0.05) is 6.92 Å². The summed E-state index contributed by atoms with van der Waals surface area (Å²) in [5.41, 5.74) is 1.49. The second-order valence-corrected chi connectivity index (χ2v) is 11.1. The Balaban J connectivity index is 1.25. The van der Waals surface area contributed by atoms with Crippen molar-refractivity contribution in [3.05, 3.63) is 47.4 Å². The van der Waals surface area contributed by atoms with E-state index in [4.69, 9.17) is 0 Å². The lowest BCUT2D eigenvalue weighted by atomic mass is 10.0. The predicted molar refractivity (Wildman–Crippen MR) is 138 cm³/mol. The molecule has 1 aliphatic carbocycles. The SMILES string of the molecule is C[C@@H](CC(=O)c1ccc2c(n1)N(C(=O)Nc1cc(-c3cnc(C4CC4)s3)ccn1)[C@H]1CCN2C1)C(F)(F)F. The van der Waals surface area contributed by atoms with Crippen LogP contribution in [0, 0.1) is 5.92 Å². The molecule has 3 aliphatic rings. The third kappa shape index (κ3) is 4.72. The van der Waals surface area contributed by atoms with Gasteiger partial charge in [0.1, 0.15) is 11.5 Å². The molecular formula is C26H25F3N6O2S. The zero-order chi connectivity index (χ0) is 26.6. The van der Waals surface area contributed by atoms with Crippen molar-refractivity contribution in [1.29, 1.82) is 0 Å². The molecule has 2 aliphatic heterocycles. The Morgan fingerprint density at radius 3 is 2.76 bits per heavy atom. The molecule has 2 bridgehead atoms. The molecule has 3 aromatic rings. The molecule has 198 valence electrons. The summed E-state index contributed by atoms with van der Waals surface area (Å²) in [5, 5.41) is 3.98. The highest BCUT2D eigenvalue weighted by molar-refractivity contribution is 7.15. The second kappa shape index (κ2) is 9.33. The number of aromatic nitrogens is 3. The number of carbonyl (C=O) groups is 2. The summed E-state index contributed by atoms with van der Waals surface area (Å²) in [4.78, 5) is 44.0. The summed E-state index contributed by atoms with van der Waals surface area (Å²) in [5.74, 6) is -1.31. The number of hydrogen-bond donors (Lipinski definition) is 1. The number of halogens is 3. The number of alkyl halides is 3. The van der Waals surface area contributed by atoms with Crippen LogP contribution < -0.4 is 15.1 Å². The zero-order valence-electron chi connectivity index (χ0n) is 20.5. The topological polar surface area (TPSA) is 91.3 Å². The predicted octanol–water partition coefficient (Wildman–Crippen LogP) is 5.88. The molecule has 1 saturated heterocycles. The van der Waals surface area contributed by atoms with Gasteiger partial charge in [0.25, 0.3) is 0 Å². The number of hydrogen-bond acceptors (Lipinski definition) is 7. The maximum Gasteiger partial charge on any atom is 0.391 e. The highest BCUT2D eigenvalue weighted by Crippen LogP contribution is 2.44. The summed E-state index contributed by atoms with van der Waals surface area (Å²) in [6.45, 7) is 2.30. The average Bonchev–Trinajstić information content (AvgIpc) is 3.46. The summed E-state index contributed by atoms with van der Waals surface area (Å²) >= 11 is 1.64. The van der Waals surface area contributed by atoms with Crippen LogP contribution in [-0.2, 0) is 0 Å². The van der Waals surface area contributed by atoms with Crippen LogP contribution in [0.4, 0.5) is 35.3 Å². The lowest BCUT2D eigenvalue weighted by Crippen LogP contribution is -2.48. The van der Waals surface area contributed by atoms with Gasteiger partial charge in [-0.3, -0.25) is 15.0 Å². The van der Waals surface area contributed by atoms with Gasteiger partial charge in [0, 0.05) is 37.8 Å². The number of pyridine rings is 2. The molecule has 2 atom stereocenters. The fourth-order valence-corrected chi connectivity index (χ4v) is 5.97. The Bertz CT molecular complexity index is 1410. The number of Topliss-reactive ketones (excluding diaryl/α,β-unsaturated/α-hetero) is 1. The number of fused-ring (bicyclic) bond motifs is 4. The van der Waals surface area contributed by atoms with Crippen LogP contribution >= 0.6 is 11.3 Å².